The maximum atomic E-state index is 13.0. The van der Waals surface area contributed by atoms with Crippen LogP contribution in [-0.2, 0) is 13.0 Å². The van der Waals surface area contributed by atoms with Gasteiger partial charge in [0.05, 0.1) is 29.1 Å². The van der Waals surface area contributed by atoms with Crippen LogP contribution in [-0.4, -0.2) is 29.1 Å². The van der Waals surface area contributed by atoms with Crippen LogP contribution in [0.4, 0.5) is 0 Å². The Labute approximate surface area is 215 Å². The van der Waals surface area contributed by atoms with Crippen LogP contribution in [0, 0.1) is 6.92 Å². The van der Waals surface area contributed by atoms with Gasteiger partial charge in [0, 0.05) is 29.7 Å². The zero-order valence-electron chi connectivity index (χ0n) is 20.3. The normalized spacial score (nSPS) is 11.0. The van der Waals surface area contributed by atoms with Crippen LogP contribution in [0.15, 0.2) is 60.0 Å². The van der Waals surface area contributed by atoms with Gasteiger partial charge in [0.1, 0.15) is 10.8 Å². The lowest BCUT2D eigenvalue weighted by Crippen LogP contribution is -2.24. The molecule has 0 aliphatic rings. The van der Waals surface area contributed by atoms with Crippen molar-refractivity contribution in [3.63, 3.8) is 0 Å². The third kappa shape index (κ3) is 5.77. The lowest BCUT2D eigenvalue weighted by molar-refractivity contribution is 0.0952. The summed E-state index contributed by atoms with van der Waals surface area (Å²) in [5.74, 6) is 0.800. The Kier molecular flexibility index (Phi) is 8.26. The number of unbranched alkanes of at least 4 members (excludes halogenated alkanes) is 1. The largest absolute Gasteiger partial charge is 0.497 e. The molecule has 7 heteroatoms. The number of methoxy groups -OCH3 is 1. The van der Waals surface area contributed by atoms with E-state index in [-0.39, 0.29) is 5.91 Å². The van der Waals surface area contributed by atoms with Crippen molar-refractivity contribution in [3.05, 3.63) is 81.8 Å². The number of thiazole rings is 1. The molecule has 0 saturated carbocycles. The van der Waals surface area contributed by atoms with Gasteiger partial charge < -0.3 is 14.6 Å². The third-order valence-electron chi connectivity index (χ3n) is 6.08. The first kappa shape index (κ1) is 25.0. The summed E-state index contributed by atoms with van der Waals surface area (Å²) >= 11 is 7.97. The minimum atomic E-state index is -0.0399. The van der Waals surface area contributed by atoms with Gasteiger partial charge in [-0.05, 0) is 49.6 Å². The smallest absolute Gasteiger partial charge is 0.253 e. The number of aromatic nitrogens is 2. The summed E-state index contributed by atoms with van der Waals surface area (Å²) in [4.78, 5) is 17.9. The number of aryl methyl sites for hydroxylation is 1. The van der Waals surface area contributed by atoms with Crippen LogP contribution >= 0.6 is 22.9 Å². The van der Waals surface area contributed by atoms with Gasteiger partial charge in [0.25, 0.3) is 5.91 Å². The van der Waals surface area contributed by atoms with E-state index in [4.69, 9.17) is 21.3 Å². The number of hydrogen-bond acceptors (Lipinski definition) is 4. The predicted octanol–water partition coefficient (Wildman–Crippen LogP) is 7.02. The van der Waals surface area contributed by atoms with Crippen molar-refractivity contribution in [3.8, 4) is 27.7 Å². The number of nitrogens with zero attached hydrogens (tertiary/aromatic N) is 2. The molecule has 2 heterocycles. The minimum absolute atomic E-state index is 0.0399. The molecule has 0 unspecified atom stereocenters. The fourth-order valence-electron chi connectivity index (χ4n) is 4.03. The number of nitrogens with one attached hydrogen (secondary N) is 1. The topological polar surface area (TPSA) is 56.2 Å². The van der Waals surface area contributed by atoms with Crippen LogP contribution in [0.1, 0.15) is 41.4 Å². The monoisotopic (exact) mass is 507 g/mol. The van der Waals surface area contributed by atoms with Crippen LogP contribution in [0.5, 0.6) is 5.75 Å². The van der Waals surface area contributed by atoms with Gasteiger partial charge in [0.15, 0.2) is 0 Å². The molecule has 0 saturated heterocycles. The van der Waals surface area contributed by atoms with Gasteiger partial charge in [-0.3, -0.25) is 4.79 Å². The second-order valence-corrected chi connectivity index (χ2v) is 9.67. The Morgan fingerprint density at radius 2 is 1.94 bits per heavy atom. The van der Waals surface area contributed by atoms with Gasteiger partial charge >= 0.3 is 0 Å². The van der Waals surface area contributed by atoms with E-state index in [1.54, 1.807) is 18.4 Å². The molecule has 35 heavy (non-hydrogen) atoms. The molecule has 182 valence electrons. The van der Waals surface area contributed by atoms with E-state index in [0.717, 1.165) is 59.2 Å². The van der Waals surface area contributed by atoms with E-state index in [1.165, 1.54) is 5.56 Å². The fraction of sp³-hybridized carbons (Fsp3) is 0.286. The van der Waals surface area contributed by atoms with Crippen molar-refractivity contribution < 1.29 is 9.53 Å². The van der Waals surface area contributed by atoms with E-state index >= 15 is 0 Å². The van der Waals surface area contributed by atoms with Crippen molar-refractivity contribution in [1.82, 2.24) is 14.9 Å². The van der Waals surface area contributed by atoms with E-state index in [9.17, 15) is 4.79 Å². The highest BCUT2D eigenvalue weighted by atomic mass is 35.5. The van der Waals surface area contributed by atoms with Crippen molar-refractivity contribution in [2.45, 2.75) is 39.7 Å². The van der Waals surface area contributed by atoms with E-state index in [0.29, 0.717) is 17.1 Å². The highest BCUT2D eigenvalue weighted by Crippen LogP contribution is 2.34. The van der Waals surface area contributed by atoms with Crippen molar-refractivity contribution in [1.29, 1.82) is 0 Å². The zero-order chi connectivity index (χ0) is 24.8. The molecule has 4 aromatic rings. The Hall–Kier alpha value is -3.09. The van der Waals surface area contributed by atoms with Crippen LogP contribution < -0.4 is 10.1 Å². The maximum Gasteiger partial charge on any atom is 0.253 e. The lowest BCUT2D eigenvalue weighted by atomic mass is 10.1. The molecule has 2 aromatic carbocycles. The highest BCUT2D eigenvalue weighted by molar-refractivity contribution is 7.13. The van der Waals surface area contributed by atoms with Gasteiger partial charge in [0.2, 0.25) is 0 Å². The average molecular weight is 508 g/mol. The molecular weight excluding hydrogens is 478 g/mol. The molecule has 0 aliphatic heterocycles. The van der Waals surface area contributed by atoms with Crippen molar-refractivity contribution in [2.75, 3.05) is 13.7 Å². The molecule has 0 fully saturated rings. The van der Waals surface area contributed by atoms with Gasteiger partial charge in [-0.2, -0.15) is 0 Å². The SMILES string of the molecule is CCCCNC(=O)c1cc(-c2csc(-c3ccccc3Cl)n2)n(CCc2ccc(OC)cc2)c1C. The fourth-order valence-corrected chi connectivity index (χ4v) is 5.17. The highest BCUT2D eigenvalue weighted by Gasteiger charge is 2.20. The molecule has 0 atom stereocenters. The van der Waals surface area contributed by atoms with Gasteiger partial charge in [-0.25, -0.2) is 4.98 Å². The van der Waals surface area contributed by atoms with Crippen LogP contribution in [0.2, 0.25) is 5.02 Å². The van der Waals surface area contributed by atoms with E-state index < -0.39 is 0 Å². The van der Waals surface area contributed by atoms with Crippen molar-refractivity contribution >= 4 is 28.8 Å². The molecule has 0 radical (unpaired) electrons. The summed E-state index contributed by atoms with van der Waals surface area (Å²) in [6.45, 7) is 5.53. The Balaban J connectivity index is 1.67. The number of benzene rings is 2. The molecule has 0 bridgehead atoms. The van der Waals surface area contributed by atoms with Crippen molar-refractivity contribution in [2.24, 2.45) is 0 Å². The summed E-state index contributed by atoms with van der Waals surface area (Å²) in [7, 11) is 1.67. The van der Waals surface area contributed by atoms with Crippen LogP contribution in [0.3, 0.4) is 0 Å². The molecule has 4 rings (SSSR count). The standard InChI is InChI=1S/C28H30ClN3O2S/c1-4-5-15-30-27(33)23-17-26(25-18-35-28(31-25)22-8-6-7-9-24(22)29)32(19(23)2)16-14-20-10-12-21(34-3)13-11-20/h6-13,17-18H,4-5,14-16H2,1-3H3,(H,30,33). The third-order valence-corrected chi connectivity index (χ3v) is 7.29. The molecule has 5 nitrogen and oxygen atoms in total. The quantitative estimate of drug-likeness (QED) is 0.234. The van der Waals surface area contributed by atoms with E-state index in [2.05, 4.69) is 28.9 Å². The molecule has 0 aliphatic carbocycles. The summed E-state index contributed by atoms with van der Waals surface area (Å²) in [5, 5.41) is 6.63. The summed E-state index contributed by atoms with van der Waals surface area (Å²) in [5.41, 5.74) is 5.53. The number of amides is 1. The second-order valence-electron chi connectivity index (χ2n) is 8.41. The Morgan fingerprint density at radius 1 is 1.17 bits per heavy atom. The number of rotatable bonds is 10. The Bertz CT molecular complexity index is 1290. The molecule has 0 spiro atoms. The van der Waals surface area contributed by atoms with Crippen LogP contribution in [0.25, 0.3) is 22.0 Å². The Morgan fingerprint density at radius 3 is 2.66 bits per heavy atom. The molecule has 1 amide bonds. The van der Waals surface area contributed by atoms with Gasteiger partial charge in [-0.15, -0.1) is 11.3 Å². The first-order valence-corrected chi connectivity index (χ1v) is 13.1. The summed E-state index contributed by atoms with van der Waals surface area (Å²) < 4.78 is 7.48. The lowest BCUT2D eigenvalue weighted by Gasteiger charge is -2.12. The molecule has 1 N–H and O–H groups in total. The first-order chi connectivity index (χ1) is 17.0. The number of halogens is 1. The summed E-state index contributed by atoms with van der Waals surface area (Å²) in [6, 6.07) is 17.8. The van der Waals surface area contributed by atoms with Gasteiger partial charge in [-0.1, -0.05) is 55.3 Å². The zero-order valence-corrected chi connectivity index (χ0v) is 21.9. The number of hydrogen-bond donors (Lipinski definition) is 1. The summed E-state index contributed by atoms with van der Waals surface area (Å²) in [6.07, 6.45) is 2.82. The van der Waals surface area contributed by atoms with E-state index in [1.807, 2.05) is 54.8 Å². The minimum Gasteiger partial charge on any atom is -0.497 e. The number of carbonyl (C=O) groups excluding carboxylic acids is 1. The number of ether oxygens (including phenoxy) is 1. The first-order valence-electron chi connectivity index (χ1n) is 11.8. The molecular formula is C28H30ClN3O2S. The predicted molar refractivity (Wildman–Crippen MR) is 145 cm³/mol. The molecule has 2 aromatic heterocycles. The number of carbonyl (C=O) groups is 1. The average Bonchev–Trinajstić information content (AvgIpc) is 3.48. The maximum absolute atomic E-state index is 13.0. The second kappa shape index (κ2) is 11.6.